The first-order valence-corrected chi connectivity index (χ1v) is 6.40. The Morgan fingerprint density at radius 2 is 2.21 bits per heavy atom. The maximum Gasteiger partial charge on any atom is 0.213 e. The lowest BCUT2D eigenvalue weighted by molar-refractivity contribution is 0.404. The third-order valence-corrected chi connectivity index (χ3v) is 2.97. The Labute approximate surface area is 113 Å². The monoisotopic (exact) mass is 261 g/mol. The summed E-state index contributed by atoms with van der Waals surface area (Å²) in [5.74, 6) is 1.67. The molecule has 1 heterocycles. The minimum absolute atomic E-state index is 0.364. The van der Waals surface area contributed by atoms with Crippen molar-refractivity contribution in [2.45, 2.75) is 25.8 Å². The van der Waals surface area contributed by atoms with Gasteiger partial charge in [0.05, 0.1) is 7.11 Å². The van der Waals surface area contributed by atoms with Crippen LogP contribution in [-0.2, 0) is 12.8 Å². The lowest BCUT2D eigenvalue weighted by Gasteiger charge is -2.15. The molecule has 1 aromatic carbocycles. The van der Waals surface area contributed by atoms with Crippen LogP contribution in [0.4, 0.5) is 0 Å². The van der Waals surface area contributed by atoms with Crippen LogP contribution in [0.3, 0.4) is 0 Å². The average Bonchev–Trinajstić information content (AvgIpc) is 2.92. The number of benzene rings is 1. The normalized spacial score (nSPS) is 12.3. The molecule has 2 aromatic rings. The molecule has 1 unspecified atom stereocenters. The van der Waals surface area contributed by atoms with E-state index in [9.17, 15) is 0 Å². The average molecular weight is 261 g/mol. The van der Waals surface area contributed by atoms with Crippen molar-refractivity contribution in [1.82, 2.24) is 15.5 Å². The van der Waals surface area contributed by atoms with Crippen molar-refractivity contribution in [2.24, 2.45) is 0 Å². The van der Waals surface area contributed by atoms with Gasteiger partial charge in [0.25, 0.3) is 0 Å². The van der Waals surface area contributed by atoms with E-state index in [0.29, 0.717) is 6.04 Å². The number of ether oxygens (including phenoxy) is 1. The molecule has 1 aromatic heterocycles. The van der Waals surface area contributed by atoms with E-state index >= 15 is 0 Å². The van der Waals surface area contributed by atoms with Gasteiger partial charge in [-0.05, 0) is 25.0 Å². The molecule has 0 amide bonds. The van der Waals surface area contributed by atoms with E-state index in [1.54, 1.807) is 7.11 Å². The Kier molecular flexibility index (Phi) is 4.92. The predicted octanol–water partition coefficient (Wildman–Crippen LogP) is 1.84. The van der Waals surface area contributed by atoms with Crippen molar-refractivity contribution in [3.63, 3.8) is 0 Å². The number of methoxy groups -OCH3 is 1. The van der Waals surface area contributed by atoms with Crippen LogP contribution in [0, 0.1) is 0 Å². The van der Waals surface area contributed by atoms with Gasteiger partial charge in [-0.2, -0.15) is 4.98 Å². The largest absolute Gasteiger partial charge is 0.496 e. The maximum atomic E-state index is 5.35. The van der Waals surface area contributed by atoms with Crippen LogP contribution in [0.15, 0.2) is 35.2 Å². The summed E-state index contributed by atoms with van der Waals surface area (Å²) in [7, 11) is 1.70. The first kappa shape index (κ1) is 13.5. The molecule has 0 spiro atoms. The number of nitrogens with one attached hydrogen (secondary N) is 1. The third kappa shape index (κ3) is 4.06. The second kappa shape index (κ2) is 6.89. The summed E-state index contributed by atoms with van der Waals surface area (Å²) in [6, 6.07) is 8.46. The number of hydrogen-bond donors (Lipinski definition) is 1. The molecule has 19 heavy (non-hydrogen) atoms. The van der Waals surface area contributed by atoms with E-state index in [1.165, 1.54) is 12.0 Å². The summed E-state index contributed by atoms with van der Waals surface area (Å²) in [4.78, 5) is 3.99. The van der Waals surface area contributed by atoms with Crippen LogP contribution in [0.1, 0.15) is 18.3 Å². The van der Waals surface area contributed by atoms with E-state index in [0.717, 1.165) is 31.0 Å². The highest BCUT2D eigenvalue weighted by Gasteiger charge is 2.07. The quantitative estimate of drug-likeness (QED) is 0.824. The highest BCUT2D eigenvalue weighted by atomic mass is 16.5. The van der Waals surface area contributed by atoms with E-state index < -0.39 is 0 Å². The lowest BCUT2D eigenvalue weighted by Crippen LogP contribution is -2.30. The smallest absolute Gasteiger partial charge is 0.213 e. The molecule has 102 valence electrons. The predicted molar refractivity (Wildman–Crippen MR) is 72.2 cm³/mol. The molecule has 0 saturated heterocycles. The summed E-state index contributed by atoms with van der Waals surface area (Å²) >= 11 is 0. The Bertz CT molecular complexity index is 485. The lowest BCUT2D eigenvalue weighted by atomic mass is 10.1. The van der Waals surface area contributed by atoms with Gasteiger partial charge in [-0.1, -0.05) is 23.4 Å². The molecule has 1 atom stereocenters. The molecule has 5 nitrogen and oxygen atoms in total. The highest BCUT2D eigenvalue weighted by molar-refractivity contribution is 5.33. The van der Waals surface area contributed by atoms with E-state index in [4.69, 9.17) is 9.26 Å². The Morgan fingerprint density at radius 3 is 2.95 bits per heavy atom. The summed E-state index contributed by atoms with van der Waals surface area (Å²) in [6.07, 6.45) is 3.05. The molecule has 0 aliphatic rings. The first-order valence-electron chi connectivity index (χ1n) is 6.40. The van der Waals surface area contributed by atoms with Gasteiger partial charge in [-0.15, -0.1) is 0 Å². The van der Waals surface area contributed by atoms with Crippen LogP contribution >= 0.6 is 0 Å². The van der Waals surface area contributed by atoms with Gasteiger partial charge < -0.3 is 14.6 Å². The van der Waals surface area contributed by atoms with E-state index in [2.05, 4.69) is 28.4 Å². The van der Waals surface area contributed by atoms with Crippen molar-refractivity contribution >= 4 is 0 Å². The van der Waals surface area contributed by atoms with Crippen LogP contribution in [0.2, 0.25) is 0 Å². The fraction of sp³-hybridized carbons (Fsp3) is 0.429. The molecule has 1 N–H and O–H groups in total. The van der Waals surface area contributed by atoms with Crippen molar-refractivity contribution in [2.75, 3.05) is 13.7 Å². The van der Waals surface area contributed by atoms with Crippen molar-refractivity contribution in [3.8, 4) is 5.75 Å². The van der Waals surface area contributed by atoms with Gasteiger partial charge in [0.15, 0.2) is 5.82 Å². The topological polar surface area (TPSA) is 60.2 Å². The Hall–Kier alpha value is -1.88. The fourth-order valence-electron chi connectivity index (χ4n) is 2.01. The summed E-state index contributed by atoms with van der Waals surface area (Å²) in [5, 5.41) is 7.22. The molecule has 0 aliphatic carbocycles. The van der Waals surface area contributed by atoms with Gasteiger partial charge in [0, 0.05) is 19.0 Å². The second-order valence-corrected chi connectivity index (χ2v) is 4.47. The minimum Gasteiger partial charge on any atom is -0.496 e. The van der Waals surface area contributed by atoms with Crippen LogP contribution in [-0.4, -0.2) is 29.8 Å². The van der Waals surface area contributed by atoms with Crippen LogP contribution < -0.4 is 10.1 Å². The SMILES string of the molecule is COc1ccccc1CC(C)NCCc1ncon1. The fourth-order valence-corrected chi connectivity index (χ4v) is 2.01. The molecule has 0 saturated carbocycles. The molecule has 0 bridgehead atoms. The second-order valence-electron chi connectivity index (χ2n) is 4.47. The number of rotatable bonds is 7. The highest BCUT2D eigenvalue weighted by Crippen LogP contribution is 2.18. The molecule has 0 radical (unpaired) electrons. The van der Waals surface area contributed by atoms with Crippen molar-refractivity contribution in [1.29, 1.82) is 0 Å². The van der Waals surface area contributed by atoms with Gasteiger partial charge in [0.1, 0.15) is 5.75 Å². The summed E-state index contributed by atoms with van der Waals surface area (Å²) in [6.45, 7) is 2.98. The van der Waals surface area contributed by atoms with Crippen LogP contribution in [0.25, 0.3) is 0 Å². The molecular formula is C14H19N3O2. The van der Waals surface area contributed by atoms with Gasteiger partial charge in [-0.25, -0.2) is 0 Å². The first-order chi connectivity index (χ1) is 9.29. The molecular weight excluding hydrogens is 242 g/mol. The zero-order chi connectivity index (χ0) is 13.5. The van der Waals surface area contributed by atoms with Crippen molar-refractivity contribution < 1.29 is 9.26 Å². The molecule has 0 aliphatic heterocycles. The van der Waals surface area contributed by atoms with Gasteiger partial charge in [0.2, 0.25) is 6.39 Å². The molecule has 5 heteroatoms. The minimum atomic E-state index is 0.364. The third-order valence-electron chi connectivity index (χ3n) is 2.97. The molecule has 0 fully saturated rings. The van der Waals surface area contributed by atoms with Gasteiger partial charge in [-0.3, -0.25) is 0 Å². The van der Waals surface area contributed by atoms with Crippen LogP contribution in [0.5, 0.6) is 5.75 Å². The Balaban J connectivity index is 1.79. The number of hydrogen-bond acceptors (Lipinski definition) is 5. The van der Waals surface area contributed by atoms with E-state index in [1.807, 2.05) is 18.2 Å². The zero-order valence-corrected chi connectivity index (χ0v) is 11.3. The van der Waals surface area contributed by atoms with Crippen molar-refractivity contribution in [3.05, 3.63) is 42.0 Å². The number of aromatic nitrogens is 2. The zero-order valence-electron chi connectivity index (χ0n) is 11.3. The number of nitrogens with zero attached hydrogens (tertiary/aromatic N) is 2. The summed E-state index contributed by atoms with van der Waals surface area (Å²) < 4.78 is 10.0. The summed E-state index contributed by atoms with van der Waals surface area (Å²) in [5.41, 5.74) is 1.21. The van der Waals surface area contributed by atoms with Gasteiger partial charge >= 0.3 is 0 Å². The van der Waals surface area contributed by atoms with E-state index in [-0.39, 0.29) is 0 Å². The standard InChI is InChI=1S/C14H19N3O2/c1-11(15-8-7-14-16-10-19-17-14)9-12-5-3-4-6-13(12)18-2/h3-6,10-11,15H,7-9H2,1-2H3. The maximum absolute atomic E-state index is 5.35. The Morgan fingerprint density at radius 1 is 1.37 bits per heavy atom. The molecule has 2 rings (SSSR count). The number of para-hydroxylation sites is 1.